The number of halogens is 1. The first kappa shape index (κ1) is 7.58. The minimum absolute atomic E-state index is 0.231. The fraction of sp³-hybridized carbons (Fsp3) is 0.625. The Bertz CT molecular complexity index is 224. The van der Waals surface area contributed by atoms with Crippen molar-refractivity contribution < 1.29 is 9.90 Å². The van der Waals surface area contributed by atoms with Crippen LogP contribution < -0.4 is 5.11 Å². The third-order valence-electron chi connectivity index (χ3n) is 2.64. The molecular weight excluding hydrogens is 255 g/mol. The first-order valence-electron chi connectivity index (χ1n) is 3.73. The van der Waals surface area contributed by atoms with E-state index in [4.69, 9.17) is 0 Å². The van der Waals surface area contributed by atoms with Crippen LogP contribution >= 0.6 is 22.6 Å². The zero-order valence-corrected chi connectivity index (χ0v) is 8.02. The van der Waals surface area contributed by atoms with Gasteiger partial charge in [0, 0.05) is 15.8 Å². The standard InChI is InChI=1S/C8H9IO2/c9-7-5-2-1-4(3-5)6(7)8(10)11/h1-2,4-7H,3H2,(H,10,11)/p-1. The van der Waals surface area contributed by atoms with Gasteiger partial charge in [0.1, 0.15) is 0 Å². The molecule has 2 aliphatic carbocycles. The summed E-state index contributed by atoms with van der Waals surface area (Å²) in [5.41, 5.74) is 0. The summed E-state index contributed by atoms with van der Waals surface area (Å²) in [5.74, 6) is -0.359. The highest BCUT2D eigenvalue weighted by atomic mass is 127. The summed E-state index contributed by atoms with van der Waals surface area (Å²) in [5, 5.41) is 10.7. The molecule has 0 aromatic carbocycles. The lowest BCUT2D eigenvalue weighted by Gasteiger charge is -2.23. The number of carbonyl (C=O) groups excluding carboxylic acids is 1. The molecule has 60 valence electrons. The highest BCUT2D eigenvalue weighted by Crippen LogP contribution is 2.47. The van der Waals surface area contributed by atoms with Gasteiger partial charge in [-0.1, -0.05) is 34.7 Å². The maximum absolute atomic E-state index is 10.7. The molecule has 0 radical (unpaired) electrons. The smallest absolute Gasteiger partial charge is 0.0461 e. The van der Waals surface area contributed by atoms with Gasteiger partial charge in [0.15, 0.2) is 0 Å². The van der Waals surface area contributed by atoms with E-state index in [1.165, 1.54) is 0 Å². The highest BCUT2D eigenvalue weighted by molar-refractivity contribution is 14.1. The van der Waals surface area contributed by atoms with E-state index in [0.29, 0.717) is 5.92 Å². The second kappa shape index (κ2) is 2.47. The van der Waals surface area contributed by atoms with Crippen molar-refractivity contribution in [3.63, 3.8) is 0 Å². The molecule has 2 rings (SSSR count). The first-order valence-corrected chi connectivity index (χ1v) is 4.98. The molecular formula is C8H8IO2-. The van der Waals surface area contributed by atoms with Gasteiger partial charge in [-0.3, -0.25) is 0 Å². The van der Waals surface area contributed by atoms with Crippen molar-refractivity contribution in [2.75, 3.05) is 0 Å². The van der Waals surface area contributed by atoms with E-state index >= 15 is 0 Å². The van der Waals surface area contributed by atoms with Crippen molar-refractivity contribution in [3.8, 4) is 0 Å². The summed E-state index contributed by atoms with van der Waals surface area (Å²) >= 11 is 2.23. The summed E-state index contributed by atoms with van der Waals surface area (Å²) in [6.07, 6.45) is 5.19. The second-order valence-corrected chi connectivity index (χ2v) is 4.68. The summed E-state index contributed by atoms with van der Waals surface area (Å²) in [4.78, 5) is 10.7. The Hall–Kier alpha value is -0.0600. The van der Waals surface area contributed by atoms with E-state index in [9.17, 15) is 9.90 Å². The predicted octanol–water partition coefficient (Wildman–Crippen LogP) is 0.362. The van der Waals surface area contributed by atoms with E-state index < -0.39 is 5.97 Å². The summed E-state index contributed by atoms with van der Waals surface area (Å²) in [7, 11) is 0. The number of aliphatic carboxylic acids is 1. The molecule has 1 fully saturated rings. The Morgan fingerprint density at radius 3 is 2.45 bits per heavy atom. The fourth-order valence-electron chi connectivity index (χ4n) is 2.07. The summed E-state index contributed by atoms with van der Waals surface area (Å²) in [6, 6.07) is 0. The number of hydrogen-bond acceptors (Lipinski definition) is 2. The van der Waals surface area contributed by atoms with Crippen molar-refractivity contribution in [3.05, 3.63) is 12.2 Å². The van der Waals surface area contributed by atoms with Gasteiger partial charge in [0.25, 0.3) is 0 Å². The van der Waals surface area contributed by atoms with Crippen LogP contribution in [-0.4, -0.2) is 9.89 Å². The fourth-order valence-corrected chi connectivity index (χ4v) is 3.43. The molecule has 0 saturated heterocycles. The topological polar surface area (TPSA) is 40.1 Å². The molecule has 0 spiro atoms. The molecule has 4 unspecified atom stereocenters. The number of fused-ring (bicyclic) bond motifs is 2. The van der Waals surface area contributed by atoms with Crippen LogP contribution in [0.15, 0.2) is 12.2 Å². The van der Waals surface area contributed by atoms with Gasteiger partial charge >= 0.3 is 0 Å². The Morgan fingerprint density at radius 2 is 2.09 bits per heavy atom. The van der Waals surface area contributed by atoms with E-state index in [0.717, 1.165) is 6.42 Å². The molecule has 1 saturated carbocycles. The normalized spacial score (nSPS) is 46.6. The molecule has 2 nitrogen and oxygen atoms in total. The monoisotopic (exact) mass is 263 g/mol. The van der Waals surface area contributed by atoms with Crippen LogP contribution in [0.2, 0.25) is 0 Å². The van der Waals surface area contributed by atoms with Crippen molar-refractivity contribution in [2.45, 2.75) is 10.3 Å². The lowest BCUT2D eigenvalue weighted by atomic mass is 9.94. The molecule has 0 N–H and O–H groups in total. The number of alkyl halides is 1. The Morgan fingerprint density at radius 1 is 1.45 bits per heavy atom. The van der Waals surface area contributed by atoms with Gasteiger partial charge in [-0.05, 0) is 18.3 Å². The second-order valence-electron chi connectivity index (χ2n) is 3.24. The van der Waals surface area contributed by atoms with E-state index in [1.807, 2.05) is 6.08 Å². The quantitative estimate of drug-likeness (QED) is 0.389. The lowest BCUT2D eigenvalue weighted by molar-refractivity contribution is -0.312. The van der Waals surface area contributed by atoms with E-state index in [1.54, 1.807) is 0 Å². The first-order chi connectivity index (χ1) is 5.20. The molecule has 2 aliphatic rings. The van der Waals surface area contributed by atoms with Crippen LogP contribution in [-0.2, 0) is 4.79 Å². The van der Waals surface area contributed by atoms with Crippen LogP contribution in [0, 0.1) is 17.8 Å². The summed E-state index contributed by atoms with van der Waals surface area (Å²) in [6.45, 7) is 0. The third-order valence-corrected chi connectivity index (χ3v) is 4.33. The zero-order valence-electron chi connectivity index (χ0n) is 5.87. The van der Waals surface area contributed by atoms with Crippen LogP contribution in [0.5, 0.6) is 0 Å². The minimum Gasteiger partial charge on any atom is -0.550 e. The predicted molar refractivity (Wildman–Crippen MR) is 47.0 cm³/mol. The molecule has 0 aliphatic heterocycles. The SMILES string of the molecule is O=C([O-])C1C2C=CC(C2)C1I. The molecule has 2 bridgehead atoms. The average molecular weight is 263 g/mol. The van der Waals surface area contributed by atoms with Crippen molar-refractivity contribution in [1.82, 2.24) is 0 Å². The highest BCUT2D eigenvalue weighted by Gasteiger charge is 2.43. The van der Waals surface area contributed by atoms with E-state index in [2.05, 4.69) is 28.7 Å². The zero-order chi connectivity index (χ0) is 8.01. The number of carboxylic acid groups (broad SMARTS) is 1. The third kappa shape index (κ3) is 1.01. The average Bonchev–Trinajstić information content (AvgIpc) is 2.44. The van der Waals surface area contributed by atoms with Crippen LogP contribution in [0.4, 0.5) is 0 Å². The minimum atomic E-state index is -0.874. The lowest BCUT2D eigenvalue weighted by Crippen LogP contribution is -2.38. The number of carboxylic acids is 1. The van der Waals surface area contributed by atoms with Gasteiger partial charge < -0.3 is 9.90 Å². The molecule has 0 heterocycles. The van der Waals surface area contributed by atoms with Gasteiger partial charge in [-0.15, -0.1) is 0 Å². The molecule has 0 aromatic heterocycles. The largest absolute Gasteiger partial charge is 0.550 e. The number of rotatable bonds is 1. The van der Waals surface area contributed by atoms with Crippen molar-refractivity contribution in [1.29, 1.82) is 0 Å². The van der Waals surface area contributed by atoms with Gasteiger partial charge in [-0.25, -0.2) is 0 Å². The van der Waals surface area contributed by atoms with Crippen LogP contribution in [0.3, 0.4) is 0 Å². The molecule has 0 aromatic rings. The van der Waals surface area contributed by atoms with Crippen LogP contribution in [0.25, 0.3) is 0 Å². The Labute approximate surface area is 78.8 Å². The van der Waals surface area contributed by atoms with Crippen LogP contribution in [0.1, 0.15) is 6.42 Å². The molecule has 11 heavy (non-hydrogen) atoms. The van der Waals surface area contributed by atoms with Crippen molar-refractivity contribution in [2.24, 2.45) is 17.8 Å². The summed E-state index contributed by atoms with van der Waals surface area (Å²) < 4.78 is 0.257. The van der Waals surface area contributed by atoms with Crippen molar-refractivity contribution >= 4 is 28.6 Å². The Balaban J connectivity index is 2.25. The number of allylic oxidation sites excluding steroid dienone is 2. The van der Waals surface area contributed by atoms with E-state index in [-0.39, 0.29) is 15.8 Å². The molecule has 3 heteroatoms. The van der Waals surface area contributed by atoms with Gasteiger partial charge in [-0.2, -0.15) is 0 Å². The Kier molecular flexibility index (Phi) is 1.70. The molecule has 4 atom stereocenters. The maximum atomic E-state index is 10.7. The number of hydrogen-bond donors (Lipinski definition) is 0. The maximum Gasteiger partial charge on any atom is 0.0461 e. The van der Waals surface area contributed by atoms with Gasteiger partial charge in [0.05, 0.1) is 0 Å². The van der Waals surface area contributed by atoms with Gasteiger partial charge in [0.2, 0.25) is 0 Å². The number of carbonyl (C=O) groups is 1. The molecule has 0 amide bonds.